The zero-order valence-electron chi connectivity index (χ0n) is 7.91. The second-order valence-corrected chi connectivity index (χ2v) is 3.24. The summed E-state index contributed by atoms with van der Waals surface area (Å²) in [6.07, 6.45) is 1.78. The molecule has 0 amide bonds. The van der Waals surface area contributed by atoms with Gasteiger partial charge in [-0.05, 0) is 19.9 Å². The quantitative estimate of drug-likeness (QED) is 0.647. The Morgan fingerprint density at radius 1 is 1.50 bits per heavy atom. The van der Waals surface area contributed by atoms with Gasteiger partial charge in [-0.3, -0.25) is 4.79 Å². The fourth-order valence-electron chi connectivity index (χ4n) is 1.54. The lowest BCUT2D eigenvalue weighted by molar-refractivity contribution is 0.112. The summed E-state index contributed by atoms with van der Waals surface area (Å²) in [5, 5.41) is 0. The summed E-state index contributed by atoms with van der Waals surface area (Å²) in [7, 11) is 0. The highest BCUT2D eigenvalue weighted by molar-refractivity contribution is 5.85. The minimum Gasteiger partial charge on any atom is -0.302 e. The summed E-state index contributed by atoms with van der Waals surface area (Å²) >= 11 is 0. The van der Waals surface area contributed by atoms with Gasteiger partial charge in [0.1, 0.15) is 0 Å². The highest BCUT2D eigenvalue weighted by Crippen LogP contribution is 2.16. The normalized spacial score (nSPS) is 10.8. The van der Waals surface area contributed by atoms with Crippen LogP contribution in [0.1, 0.15) is 21.7 Å². The number of aldehydes is 1. The van der Waals surface area contributed by atoms with Crippen molar-refractivity contribution in [3.05, 3.63) is 35.0 Å². The van der Waals surface area contributed by atoms with Crippen LogP contribution in [0, 0.1) is 19.7 Å². The lowest BCUT2D eigenvalue weighted by Crippen LogP contribution is -1.95. The van der Waals surface area contributed by atoms with Crippen LogP contribution in [0.4, 0.5) is 4.39 Å². The van der Waals surface area contributed by atoms with Crippen molar-refractivity contribution in [3.8, 4) is 0 Å². The number of carbonyl (C=O) groups is 1. The first-order chi connectivity index (χ1) is 6.63. The van der Waals surface area contributed by atoms with Crippen LogP contribution in [-0.2, 0) is 0 Å². The molecule has 0 bridgehead atoms. The Morgan fingerprint density at radius 3 is 2.86 bits per heavy atom. The molecule has 2 rings (SSSR count). The highest BCUT2D eigenvalue weighted by Gasteiger charge is 2.12. The van der Waals surface area contributed by atoms with Crippen molar-refractivity contribution in [2.45, 2.75) is 13.8 Å². The number of carbonyl (C=O) groups excluding carboxylic acids is 1. The van der Waals surface area contributed by atoms with Crippen molar-refractivity contribution in [1.82, 2.24) is 9.38 Å². The number of hydrogen-bond donors (Lipinski definition) is 0. The molecular formula is C10H9FN2O. The number of rotatable bonds is 1. The van der Waals surface area contributed by atoms with Gasteiger partial charge in [0.05, 0.1) is 5.56 Å². The lowest BCUT2D eigenvalue weighted by Gasteiger charge is -2.01. The van der Waals surface area contributed by atoms with Crippen molar-refractivity contribution in [1.29, 1.82) is 0 Å². The Labute approximate surface area is 80.2 Å². The zero-order chi connectivity index (χ0) is 10.3. The van der Waals surface area contributed by atoms with E-state index in [1.807, 2.05) is 19.9 Å². The van der Waals surface area contributed by atoms with Crippen LogP contribution in [0.15, 0.2) is 12.3 Å². The molecule has 3 nitrogen and oxygen atoms in total. The van der Waals surface area contributed by atoms with E-state index >= 15 is 0 Å². The predicted octanol–water partition coefficient (Wildman–Crippen LogP) is 1.90. The molecule has 2 aromatic heterocycles. The van der Waals surface area contributed by atoms with Crippen LogP contribution >= 0.6 is 0 Å². The van der Waals surface area contributed by atoms with Crippen LogP contribution in [-0.4, -0.2) is 15.7 Å². The van der Waals surface area contributed by atoms with Gasteiger partial charge in [0.2, 0.25) is 0 Å². The van der Waals surface area contributed by atoms with E-state index in [0.717, 1.165) is 11.4 Å². The minimum atomic E-state index is -0.527. The molecule has 0 aliphatic rings. The first-order valence-corrected chi connectivity index (χ1v) is 4.23. The molecule has 72 valence electrons. The molecule has 0 N–H and O–H groups in total. The second-order valence-electron chi connectivity index (χ2n) is 3.24. The van der Waals surface area contributed by atoms with Crippen LogP contribution in [0.3, 0.4) is 0 Å². The summed E-state index contributed by atoms with van der Waals surface area (Å²) in [6, 6.07) is 1.83. The molecule has 0 unspecified atom stereocenters. The zero-order valence-corrected chi connectivity index (χ0v) is 7.91. The van der Waals surface area contributed by atoms with Gasteiger partial charge in [-0.1, -0.05) is 0 Å². The largest absolute Gasteiger partial charge is 0.302 e. The van der Waals surface area contributed by atoms with Gasteiger partial charge in [-0.15, -0.1) is 0 Å². The van der Waals surface area contributed by atoms with Gasteiger partial charge in [0, 0.05) is 17.6 Å². The number of halogens is 1. The monoisotopic (exact) mass is 192 g/mol. The van der Waals surface area contributed by atoms with Crippen LogP contribution in [0.2, 0.25) is 0 Å². The van der Waals surface area contributed by atoms with E-state index in [9.17, 15) is 9.18 Å². The number of fused-ring (bicyclic) bond motifs is 1. The summed E-state index contributed by atoms with van der Waals surface area (Å²) < 4.78 is 14.8. The van der Waals surface area contributed by atoms with E-state index in [0.29, 0.717) is 11.9 Å². The molecule has 0 saturated carbocycles. The molecule has 4 heteroatoms. The summed E-state index contributed by atoms with van der Waals surface area (Å²) in [5.74, 6) is -0.527. The predicted molar refractivity (Wildman–Crippen MR) is 50.0 cm³/mol. The Kier molecular flexibility index (Phi) is 1.84. The molecular weight excluding hydrogens is 183 g/mol. The summed E-state index contributed by atoms with van der Waals surface area (Å²) in [4.78, 5) is 14.8. The third-order valence-corrected chi connectivity index (χ3v) is 2.17. The fraction of sp³-hybridized carbons (Fsp3) is 0.200. The third-order valence-electron chi connectivity index (χ3n) is 2.17. The molecule has 0 atom stereocenters. The maximum atomic E-state index is 13.2. The molecule has 0 fully saturated rings. The summed E-state index contributed by atoms with van der Waals surface area (Å²) in [6.45, 7) is 3.65. The Hall–Kier alpha value is -1.71. The molecule has 2 heterocycles. The molecule has 0 spiro atoms. The molecule has 0 aliphatic carbocycles. The first-order valence-electron chi connectivity index (χ1n) is 4.23. The maximum absolute atomic E-state index is 13.2. The first kappa shape index (κ1) is 8.87. The van der Waals surface area contributed by atoms with Gasteiger partial charge < -0.3 is 4.40 Å². The van der Waals surface area contributed by atoms with E-state index in [1.54, 1.807) is 4.40 Å². The van der Waals surface area contributed by atoms with Gasteiger partial charge in [0.25, 0.3) is 0 Å². The molecule has 0 aliphatic heterocycles. The van der Waals surface area contributed by atoms with Gasteiger partial charge in [0.15, 0.2) is 17.8 Å². The topological polar surface area (TPSA) is 34.4 Å². The van der Waals surface area contributed by atoms with Crippen molar-refractivity contribution < 1.29 is 9.18 Å². The fourth-order valence-corrected chi connectivity index (χ4v) is 1.54. The van der Waals surface area contributed by atoms with E-state index < -0.39 is 5.82 Å². The number of hydrogen-bond acceptors (Lipinski definition) is 2. The molecule has 2 aromatic rings. The maximum Gasteiger partial charge on any atom is 0.156 e. The Balaban J connectivity index is 2.94. The smallest absolute Gasteiger partial charge is 0.156 e. The van der Waals surface area contributed by atoms with E-state index in [2.05, 4.69) is 4.98 Å². The average molecular weight is 192 g/mol. The van der Waals surface area contributed by atoms with E-state index in [1.165, 1.54) is 6.20 Å². The molecule has 0 radical (unpaired) electrons. The van der Waals surface area contributed by atoms with Crippen LogP contribution < -0.4 is 0 Å². The van der Waals surface area contributed by atoms with Gasteiger partial charge in [-0.2, -0.15) is 0 Å². The van der Waals surface area contributed by atoms with Crippen molar-refractivity contribution in [2.24, 2.45) is 0 Å². The van der Waals surface area contributed by atoms with Crippen molar-refractivity contribution in [2.75, 3.05) is 0 Å². The van der Waals surface area contributed by atoms with Crippen LogP contribution in [0.5, 0.6) is 0 Å². The average Bonchev–Trinajstić information content (AvgIpc) is 2.41. The number of aryl methyl sites for hydroxylation is 2. The SMILES string of the molecule is Cc1cc(C)n2cc(F)c(C=O)c2n1. The van der Waals surface area contributed by atoms with Crippen LogP contribution in [0.25, 0.3) is 5.65 Å². The van der Waals surface area contributed by atoms with Crippen molar-refractivity contribution in [3.63, 3.8) is 0 Å². The molecule has 14 heavy (non-hydrogen) atoms. The number of nitrogens with zero attached hydrogens (tertiary/aromatic N) is 2. The lowest BCUT2D eigenvalue weighted by atomic mass is 10.3. The van der Waals surface area contributed by atoms with E-state index in [4.69, 9.17) is 0 Å². The van der Waals surface area contributed by atoms with E-state index in [-0.39, 0.29) is 5.56 Å². The summed E-state index contributed by atoms with van der Waals surface area (Å²) in [5.41, 5.74) is 2.04. The van der Waals surface area contributed by atoms with Gasteiger partial charge >= 0.3 is 0 Å². The molecule has 0 aromatic carbocycles. The highest BCUT2D eigenvalue weighted by atomic mass is 19.1. The Morgan fingerprint density at radius 2 is 2.21 bits per heavy atom. The Bertz CT molecular complexity index is 516. The molecule has 0 saturated heterocycles. The van der Waals surface area contributed by atoms with Crippen molar-refractivity contribution >= 4 is 11.9 Å². The minimum absolute atomic E-state index is 0.0248. The second kappa shape index (κ2) is 2.90. The third kappa shape index (κ3) is 1.11. The standard InChI is InChI=1S/C10H9FN2O/c1-6-3-7(2)13-4-9(11)8(5-14)10(13)12-6/h3-5H,1-2H3. The number of aromatic nitrogens is 2. The van der Waals surface area contributed by atoms with Gasteiger partial charge in [-0.25, -0.2) is 9.37 Å².